The summed E-state index contributed by atoms with van der Waals surface area (Å²) in [5, 5.41) is 12.2. The first kappa shape index (κ1) is 23.6. The van der Waals surface area contributed by atoms with Crippen LogP contribution in [0, 0.1) is 11.3 Å². The number of aromatic nitrogens is 1. The number of methoxy groups -OCH3 is 4. The summed E-state index contributed by atoms with van der Waals surface area (Å²) in [6.45, 7) is 1.29. The lowest BCUT2D eigenvalue weighted by Crippen LogP contribution is -2.05. The second-order valence-corrected chi connectivity index (χ2v) is 7.48. The Morgan fingerprint density at radius 1 is 0.970 bits per heavy atom. The highest BCUT2D eigenvalue weighted by molar-refractivity contribution is 7.11. The molecular weight excluding hydrogens is 444 g/mol. The number of allylic oxidation sites excluding steroid dienone is 1. The van der Waals surface area contributed by atoms with Crippen molar-refractivity contribution in [3.8, 4) is 46.1 Å². The number of nitrogens with zero attached hydrogens (tertiary/aromatic N) is 2. The van der Waals surface area contributed by atoms with Crippen LogP contribution in [0.25, 0.3) is 22.9 Å². The highest BCUT2D eigenvalue weighted by Crippen LogP contribution is 2.40. The molecule has 3 rings (SSSR count). The second kappa shape index (κ2) is 10.5. The number of ether oxygens (including phenoxy) is 5. The van der Waals surface area contributed by atoms with E-state index in [0.717, 1.165) is 5.56 Å². The van der Waals surface area contributed by atoms with Crippen molar-refractivity contribution in [2.45, 2.75) is 6.92 Å². The number of esters is 1. The molecule has 0 aliphatic carbocycles. The third kappa shape index (κ3) is 5.25. The SMILES string of the molecule is COc1ccc(-c2csc(C(C#N)=Cc3cc(OC)c(OC(C)=O)c(OC)c3)n2)cc1OC. The smallest absolute Gasteiger partial charge is 0.308 e. The van der Waals surface area contributed by atoms with Gasteiger partial charge in [-0.1, -0.05) is 0 Å². The van der Waals surface area contributed by atoms with E-state index in [1.165, 1.54) is 32.5 Å². The van der Waals surface area contributed by atoms with E-state index in [1.54, 1.807) is 38.5 Å². The van der Waals surface area contributed by atoms with Gasteiger partial charge in [0.2, 0.25) is 5.75 Å². The fourth-order valence-electron chi connectivity index (χ4n) is 3.06. The maximum Gasteiger partial charge on any atom is 0.308 e. The highest BCUT2D eigenvalue weighted by atomic mass is 32.1. The normalized spacial score (nSPS) is 10.8. The summed E-state index contributed by atoms with van der Waals surface area (Å²) in [6.07, 6.45) is 1.67. The van der Waals surface area contributed by atoms with Crippen LogP contribution in [0.1, 0.15) is 17.5 Å². The summed E-state index contributed by atoms with van der Waals surface area (Å²) in [6, 6.07) is 11.0. The molecule has 9 heteroatoms. The minimum atomic E-state index is -0.502. The molecule has 0 aliphatic rings. The maximum atomic E-state index is 11.4. The Morgan fingerprint density at radius 2 is 1.61 bits per heavy atom. The number of nitriles is 1. The summed E-state index contributed by atoms with van der Waals surface area (Å²) < 4.78 is 26.6. The fraction of sp³-hybridized carbons (Fsp3) is 0.208. The molecule has 170 valence electrons. The fourth-order valence-corrected chi connectivity index (χ4v) is 3.86. The summed E-state index contributed by atoms with van der Waals surface area (Å²) in [4.78, 5) is 16.0. The molecule has 33 heavy (non-hydrogen) atoms. The minimum Gasteiger partial charge on any atom is -0.493 e. The maximum absolute atomic E-state index is 11.4. The van der Waals surface area contributed by atoms with E-state index < -0.39 is 5.97 Å². The first-order valence-corrected chi connectivity index (χ1v) is 10.6. The molecule has 0 saturated heterocycles. The molecule has 0 radical (unpaired) electrons. The molecule has 0 spiro atoms. The lowest BCUT2D eigenvalue weighted by Gasteiger charge is -2.13. The quantitative estimate of drug-likeness (QED) is 0.264. The van der Waals surface area contributed by atoms with Gasteiger partial charge in [-0.05, 0) is 42.0 Å². The number of rotatable bonds is 8. The first-order valence-electron chi connectivity index (χ1n) is 9.68. The molecule has 2 aromatic carbocycles. The van der Waals surface area contributed by atoms with E-state index >= 15 is 0 Å². The van der Waals surface area contributed by atoms with Crippen LogP contribution in [0.15, 0.2) is 35.7 Å². The molecule has 1 aromatic heterocycles. The van der Waals surface area contributed by atoms with Crippen molar-refractivity contribution in [3.05, 3.63) is 46.3 Å². The van der Waals surface area contributed by atoms with Crippen molar-refractivity contribution in [3.63, 3.8) is 0 Å². The van der Waals surface area contributed by atoms with Gasteiger partial charge in [0.15, 0.2) is 23.0 Å². The Kier molecular flexibility index (Phi) is 7.53. The zero-order chi connectivity index (χ0) is 24.0. The second-order valence-electron chi connectivity index (χ2n) is 6.63. The number of carbonyl (C=O) groups excluding carboxylic acids is 1. The Morgan fingerprint density at radius 3 is 2.15 bits per heavy atom. The van der Waals surface area contributed by atoms with Crippen molar-refractivity contribution < 1.29 is 28.5 Å². The van der Waals surface area contributed by atoms with Gasteiger partial charge in [-0.2, -0.15) is 5.26 Å². The van der Waals surface area contributed by atoms with Gasteiger partial charge >= 0.3 is 5.97 Å². The van der Waals surface area contributed by atoms with Gasteiger partial charge in [-0.3, -0.25) is 4.79 Å². The molecule has 0 fully saturated rings. The van der Waals surface area contributed by atoms with Crippen LogP contribution < -0.4 is 23.7 Å². The standard InChI is InChI=1S/C24H22N2O6S/c1-14(27)32-23-21(30-4)9-15(10-22(23)31-5)8-17(12-25)24-26-18(13-33-24)16-6-7-19(28-2)20(11-16)29-3/h6-11,13H,1-5H3. The van der Waals surface area contributed by atoms with Crippen LogP contribution in [0.5, 0.6) is 28.7 Å². The highest BCUT2D eigenvalue weighted by Gasteiger charge is 2.17. The monoisotopic (exact) mass is 466 g/mol. The van der Waals surface area contributed by atoms with Crippen LogP contribution in [-0.4, -0.2) is 39.4 Å². The molecule has 0 unspecified atom stereocenters. The lowest BCUT2D eigenvalue weighted by molar-refractivity contribution is -0.132. The summed E-state index contributed by atoms with van der Waals surface area (Å²) in [5.74, 6) is 1.49. The molecule has 0 atom stereocenters. The molecular formula is C24H22N2O6S. The average Bonchev–Trinajstić information content (AvgIpc) is 3.32. The van der Waals surface area contributed by atoms with Gasteiger partial charge in [0.25, 0.3) is 0 Å². The van der Waals surface area contributed by atoms with Gasteiger partial charge in [0, 0.05) is 17.9 Å². The molecule has 0 aliphatic heterocycles. The lowest BCUT2D eigenvalue weighted by atomic mass is 10.1. The van der Waals surface area contributed by atoms with Gasteiger partial charge < -0.3 is 23.7 Å². The van der Waals surface area contributed by atoms with Gasteiger partial charge in [0.1, 0.15) is 11.1 Å². The Hall–Kier alpha value is -4.03. The van der Waals surface area contributed by atoms with E-state index in [2.05, 4.69) is 11.1 Å². The summed E-state index contributed by atoms with van der Waals surface area (Å²) in [7, 11) is 6.05. The number of thiazole rings is 1. The molecule has 0 saturated carbocycles. The number of carbonyl (C=O) groups is 1. The van der Waals surface area contributed by atoms with Crippen molar-refractivity contribution in [2.75, 3.05) is 28.4 Å². The van der Waals surface area contributed by atoms with Gasteiger partial charge in [0.05, 0.1) is 39.7 Å². The Balaban J connectivity index is 1.99. The van der Waals surface area contributed by atoms with Gasteiger partial charge in [-0.15, -0.1) is 11.3 Å². The third-order valence-corrected chi connectivity index (χ3v) is 5.45. The van der Waals surface area contributed by atoms with Crippen LogP contribution in [-0.2, 0) is 4.79 Å². The predicted octanol–water partition coefficient (Wildman–Crippen LogP) is 4.83. The predicted molar refractivity (Wildman–Crippen MR) is 125 cm³/mol. The largest absolute Gasteiger partial charge is 0.493 e. The van der Waals surface area contributed by atoms with E-state index in [-0.39, 0.29) is 5.75 Å². The zero-order valence-electron chi connectivity index (χ0n) is 18.8. The number of benzene rings is 2. The van der Waals surface area contributed by atoms with Crippen molar-refractivity contribution in [1.29, 1.82) is 5.26 Å². The van der Waals surface area contributed by atoms with Crippen molar-refractivity contribution in [1.82, 2.24) is 4.98 Å². The molecule has 0 N–H and O–H groups in total. The number of hydrogen-bond acceptors (Lipinski definition) is 9. The van der Waals surface area contributed by atoms with E-state index in [9.17, 15) is 10.1 Å². The van der Waals surface area contributed by atoms with Crippen LogP contribution in [0.3, 0.4) is 0 Å². The molecule has 0 amide bonds. The van der Waals surface area contributed by atoms with Crippen molar-refractivity contribution >= 4 is 29.0 Å². The summed E-state index contributed by atoms with van der Waals surface area (Å²) >= 11 is 1.35. The minimum absolute atomic E-state index is 0.174. The first-order chi connectivity index (χ1) is 15.9. The Bertz CT molecular complexity index is 1220. The average molecular weight is 467 g/mol. The Labute approximate surface area is 195 Å². The molecule has 1 heterocycles. The molecule has 8 nitrogen and oxygen atoms in total. The van der Waals surface area contributed by atoms with E-state index in [4.69, 9.17) is 23.7 Å². The number of hydrogen-bond donors (Lipinski definition) is 0. The topological polar surface area (TPSA) is 99.9 Å². The van der Waals surface area contributed by atoms with E-state index in [1.807, 2.05) is 17.5 Å². The van der Waals surface area contributed by atoms with Crippen LogP contribution in [0.2, 0.25) is 0 Å². The molecule has 0 bridgehead atoms. The van der Waals surface area contributed by atoms with Gasteiger partial charge in [-0.25, -0.2) is 4.98 Å². The summed E-state index contributed by atoms with van der Waals surface area (Å²) in [5.41, 5.74) is 2.52. The third-order valence-electron chi connectivity index (χ3n) is 4.57. The van der Waals surface area contributed by atoms with E-state index in [0.29, 0.717) is 44.8 Å². The van der Waals surface area contributed by atoms with Crippen LogP contribution >= 0.6 is 11.3 Å². The van der Waals surface area contributed by atoms with Crippen LogP contribution in [0.4, 0.5) is 0 Å². The zero-order valence-corrected chi connectivity index (χ0v) is 19.6. The van der Waals surface area contributed by atoms with Crippen molar-refractivity contribution in [2.24, 2.45) is 0 Å². The molecule has 3 aromatic rings.